The number of hydrogen-bond acceptors (Lipinski definition) is 4. The number of carbonyl (C=O) groups excluding carboxylic acids is 1. The zero-order valence-electron chi connectivity index (χ0n) is 10.6. The van der Waals surface area contributed by atoms with Crippen molar-refractivity contribution in [1.29, 1.82) is 0 Å². The highest BCUT2D eigenvalue weighted by Gasteiger charge is 2.04. The molecule has 0 spiro atoms. The Morgan fingerprint density at radius 2 is 2.21 bits per heavy atom. The number of aryl methyl sites for hydroxylation is 1. The van der Waals surface area contributed by atoms with Gasteiger partial charge in [0.2, 0.25) is 0 Å². The molecule has 0 unspecified atom stereocenters. The van der Waals surface area contributed by atoms with Crippen LogP contribution in [0.1, 0.15) is 11.1 Å². The first-order valence-corrected chi connectivity index (χ1v) is 5.93. The number of fused-ring (bicyclic) bond motifs is 1. The van der Waals surface area contributed by atoms with E-state index in [1.165, 1.54) is 6.07 Å². The Morgan fingerprint density at radius 3 is 2.95 bits per heavy atom. The van der Waals surface area contributed by atoms with E-state index in [9.17, 15) is 9.59 Å². The number of benzene rings is 1. The number of ether oxygens (including phenoxy) is 1. The molecule has 0 aliphatic carbocycles. The third-order valence-corrected chi connectivity index (χ3v) is 2.82. The van der Waals surface area contributed by atoms with Gasteiger partial charge in [-0.2, -0.15) is 0 Å². The summed E-state index contributed by atoms with van der Waals surface area (Å²) in [7, 11) is 0. The zero-order valence-corrected chi connectivity index (χ0v) is 10.6. The molecular weight excluding hydrogens is 244 g/mol. The lowest BCUT2D eigenvalue weighted by Gasteiger charge is -2.05. The summed E-state index contributed by atoms with van der Waals surface area (Å²) in [5.74, 6) is -0.442. The minimum atomic E-state index is -0.442. The third-order valence-electron chi connectivity index (χ3n) is 2.82. The van der Waals surface area contributed by atoms with Gasteiger partial charge >= 0.3 is 11.6 Å². The second-order valence-corrected chi connectivity index (χ2v) is 4.20. The highest BCUT2D eigenvalue weighted by molar-refractivity contribution is 5.81. The first-order chi connectivity index (χ1) is 9.10. The van der Waals surface area contributed by atoms with Crippen molar-refractivity contribution in [3.8, 4) is 0 Å². The van der Waals surface area contributed by atoms with E-state index in [0.29, 0.717) is 12.0 Å². The summed E-state index contributed by atoms with van der Waals surface area (Å²) < 4.78 is 10.1. The van der Waals surface area contributed by atoms with Crippen LogP contribution in [-0.2, 0) is 16.0 Å². The Bertz CT molecular complexity index is 682. The fourth-order valence-corrected chi connectivity index (χ4v) is 1.85. The average Bonchev–Trinajstić information content (AvgIpc) is 2.37. The van der Waals surface area contributed by atoms with E-state index in [4.69, 9.17) is 9.15 Å². The lowest BCUT2D eigenvalue weighted by atomic mass is 10.1. The van der Waals surface area contributed by atoms with Crippen LogP contribution in [-0.4, -0.2) is 12.6 Å². The van der Waals surface area contributed by atoms with E-state index in [1.807, 2.05) is 19.1 Å². The summed E-state index contributed by atoms with van der Waals surface area (Å²) in [4.78, 5) is 22.2. The van der Waals surface area contributed by atoms with Crippen LogP contribution in [0.5, 0.6) is 0 Å². The summed E-state index contributed by atoms with van der Waals surface area (Å²) >= 11 is 0. The highest BCUT2D eigenvalue weighted by atomic mass is 16.5. The molecule has 1 heterocycles. The molecule has 0 saturated heterocycles. The van der Waals surface area contributed by atoms with Gasteiger partial charge in [0.25, 0.3) is 0 Å². The number of carbonyl (C=O) groups is 1. The molecule has 1 aromatic carbocycles. The molecule has 4 heteroatoms. The first-order valence-electron chi connectivity index (χ1n) is 5.93. The van der Waals surface area contributed by atoms with Gasteiger partial charge in [0.1, 0.15) is 5.58 Å². The quantitative estimate of drug-likeness (QED) is 0.480. The van der Waals surface area contributed by atoms with Gasteiger partial charge in [-0.05, 0) is 24.1 Å². The van der Waals surface area contributed by atoms with Crippen LogP contribution in [0, 0.1) is 6.92 Å². The largest absolute Gasteiger partial charge is 0.462 e. The Labute approximate surface area is 110 Å². The van der Waals surface area contributed by atoms with Crippen LogP contribution in [0.3, 0.4) is 0 Å². The Kier molecular flexibility index (Phi) is 3.80. The maximum absolute atomic E-state index is 11.3. The molecule has 4 nitrogen and oxygen atoms in total. The number of rotatable bonds is 4. The van der Waals surface area contributed by atoms with Gasteiger partial charge in [0.15, 0.2) is 0 Å². The molecule has 0 aliphatic rings. The summed E-state index contributed by atoms with van der Waals surface area (Å²) in [5, 5.41) is 0.909. The Balaban J connectivity index is 2.19. The van der Waals surface area contributed by atoms with Crippen LogP contribution in [0.4, 0.5) is 0 Å². The fraction of sp³-hybridized carbons (Fsp3) is 0.200. The van der Waals surface area contributed by atoms with E-state index in [0.717, 1.165) is 22.6 Å². The van der Waals surface area contributed by atoms with E-state index >= 15 is 0 Å². The average molecular weight is 258 g/mol. The second-order valence-electron chi connectivity index (χ2n) is 4.20. The van der Waals surface area contributed by atoms with Gasteiger partial charge in [-0.3, -0.25) is 0 Å². The molecule has 0 radical (unpaired) electrons. The minimum Gasteiger partial charge on any atom is -0.462 e. The van der Waals surface area contributed by atoms with E-state index < -0.39 is 5.97 Å². The van der Waals surface area contributed by atoms with E-state index in [1.54, 1.807) is 6.07 Å². The summed E-state index contributed by atoms with van der Waals surface area (Å²) in [6.07, 6.45) is 1.69. The predicted octanol–water partition coefficient (Wildman–Crippen LogP) is 2.37. The van der Waals surface area contributed by atoms with Gasteiger partial charge in [-0.25, -0.2) is 9.59 Å². The lowest BCUT2D eigenvalue weighted by molar-refractivity contribution is -0.137. The molecule has 0 fully saturated rings. The molecule has 1 aromatic heterocycles. The number of hydrogen-bond donors (Lipinski definition) is 0. The van der Waals surface area contributed by atoms with Crippen molar-refractivity contribution in [2.45, 2.75) is 13.3 Å². The summed E-state index contributed by atoms with van der Waals surface area (Å²) in [6, 6.07) is 7.09. The van der Waals surface area contributed by atoms with Crippen molar-refractivity contribution in [3.63, 3.8) is 0 Å². The number of esters is 1. The standard InChI is InChI=1S/C15H14O4/c1-3-14(16)18-7-6-11-4-5-12-10(2)8-15(17)19-13(12)9-11/h3-5,8-9H,1,6-7H2,2H3. The molecule has 2 rings (SSSR count). The van der Waals surface area contributed by atoms with Gasteiger partial charge < -0.3 is 9.15 Å². The molecule has 0 N–H and O–H groups in total. The van der Waals surface area contributed by atoms with Crippen LogP contribution in [0.15, 0.2) is 46.1 Å². The minimum absolute atomic E-state index is 0.270. The van der Waals surface area contributed by atoms with Gasteiger partial charge in [-0.1, -0.05) is 18.7 Å². The highest BCUT2D eigenvalue weighted by Crippen LogP contribution is 2.18. The van der Waals surface area contributed by atoms with Crippen molar-refractivity contribution in [1.82, 2.24) is 0 Å². The molecule has 0 bridgehead atoms. The second kappa shape index (κ2) is 5.52. The molecular formula is C15H14O4. The Morgan fingerprint density at radius 1 is 1.42 bits per heavy atom. The summed E-state index contributed by atoms with van der Waals surface area (Å²) in [6.45, 7) is 5.46. The molecule has 19 heavy (non-hydrogen) atoms. The predicted molar refractivity (Wildman–Crippen MR) is 72.1 cm³/mol. The van der Waals surface area contributed by atoms with Crippen molar-refractivity contribution in [3.05, 3.63) is 58.5 Å². The molecule has 0 atom stereocenters. The molecule has 0 amide bonds. The smallest absolute Gasteiger partial charge is 0.336 e. The van der Waals surface area contributed by atoms with Crippen molar-refractivity contribution >= 4 is 16.9 Å². The van der Waals surface area contributed by atoms with Crippen LogP contribution in [0.25, 0.3) is 11.0 Å². The van der Waals surface area contributed by atoms with Crippen molar-refractivity contribution < 1.29 is 13.9 Å². The van der Waals surface area contributed by atoms with Gasteiger partial charge in [0.05, 0.1) is 6.61 Å². The van der Waals surface area contributed by atoms with Gasteiger partial charge in [-0.15, -0.1) is 0 Å². The SMILES string of the molecule is C=CC(=O)OCCc1ccc2c(C)cc(=O)oc2c1. The normalized spacial score (nSPS) is 10.4. The first kappa shape index (κ1) is 13.1. The van der Waals surface area contributed by atoms with Crippen LogP contribution in [0.2, 0.25) is 0 Å². The lowest BCUT2D eigenvalue weighted by Crippen LogP contribution is -2.04. The van der Waals surface area contributed by atoms with Crippen molar-refractivity contribution in [2.75, 3.05) is 6.61 Å². The molecule has 2 aromatic rings. The van der Waals surface area contributed by atoms with Crippen molar-refractivity contribution in [2.24, 2.45) is 0 Å². The topological polar surface area (TPSA) is 56.5 Å². The third kappa shape index (κ3) is 3.10. The zero-order chi connectivity index (χ0) is 13.8. The maximum atomic E-state index is 11.3. The Hall–Kier alpha value is -2.36. The maximum Gasteiger partial charge on any atom is 0.336 e. The van der Waals surface area contributed by atoms with Crippen LogP contribution >= 0.6 is 0 Å². The fourth-order valence-electron chi connectivity index (χ4n) is 1.85. The summed E-state index contributed by atoms with van der Waals surface area (Å²) in [5.41, 5.74) is 2.02. The van der Waals surface area contributed by atoms with E-state index in [2.05, 4.69) is 6.58 Å². The van der Waals surface area contributed by atoms with Gasteiger partial charge in [0, 0.05) is 23.9 Å². The van der Waals surface area contributed by atoms with Crippen LogP contribution < -0.4 is 5.63 Å². The monoisotopic (exact) mass is 258 g/mol. The molecule has 0 saturated carbocycles. The molecule has 0 aliphatic heterocycles. The molecule has 98 valence electrons. The van der Waals surface area contributed by atoms with E-state index in [-0.39, 0.29) is 12.2 Å².